The van der Waals surface area contributed by atoms with Gasteiger partial charge in [-0.2, -0.15) is 20.1 Å². The number of aromatic nitrogens is 5. The van der Waals surface area contributed by atoms with Crippen LogP contribution >= 0.6 is 11.6 Å². The lowest BCUT2D eigenvalue weighted by Crippen LogP contribution is -2.48. The van der Waals surface area contributed by atoms with E-state index >= 15 is 0 Å². The van der Waals surface area contributed by atoms with E-state index in [1.165, 1.54) is 0 Å². The molecule has 8 heteroatoms. The van der Waals surface area contributed by atoms with Crippen LogP contribution < -0.4 is 4.90 Å². The third kappa shape index (κ3) is 2.59. The lowest BCUT2D eigenvalue weighted by Gasteiger charge is -2.36. The highest BCUT2D eigenvalue weighted by molar-refractivity contribution is 6.28. The molecule has 0 N–H and O–H groups in total. The van der Waals surface area contributed by atoms with Crippen molar-refractivity contribution in [3.63, 3.8) is 0 Å². The lowest BCUT2D eigenvalue weighted by atomic mass is 10.2. The van der Waals surface area contributed by atoms with Gasteiger partial charge in [-0.25, -0.2) is 4.68 Å². The molecule has 3 rings (SSSR count). The maximum absolute atomic E-state index is 6.01. The van der Waals surface area contributed by atoms with Gasteiger partial charge in [0.1, 0.15) is 0 Å². The lowest BCUT2D eigenvalue weighted by molar-refractivity contribution is 0.0336. The summed E-state index contributed by atoms with van der Waals surface area (Å²) in [5.41, 5.74) is 0. The Balaban J connectivity index is 1.97. The summed E-state index contributed by atoms with van der Waals surface area (Å²) in [5.74, 6) is 0.967. The van der Waals surface area contributed by atoms with Gasteiger partial charge in [0.2, 0.25) is 11.2 Å². The first-order valence-corrected chi connectivity index (χ1v) is 6.81. The number of nitrogens with zero attached hydrogens (tertiary/aromatic N) is 6. The number of halogens is 1. The minimum Gasteiger partial charge on any atom is -0.375 e. The molecule has 0 aliphatic carbocycles. The van der Waals surface area contributed by atoms with Crippen LogP contribution in [0, 0.1) is 0 Å². The predicted octanol–water partition coefficient (Wildman–Crippen LogP) is 1.32. The van der Waals surface area contributed by atoms with Crippen molar-refractivity contribution >= 4 is 17.5 Å². The molecule has 1 saturated heterocycles. The molecule has 20 heavy (non-hydrogen) atoms. The summed E-state index contributed by atoms with van der Waals surface area (Å²) in [6.45, 7) is 5.45. The van der Waals surface area contributed by atoms with E-state index in [9.17, 15) is 0 Å². The highest BCUT2D eigenvalue weighted by Crippen LogP contribution is 2.20. The van der Waals surface area contributed by atoms with Gasteiger partial charge in [-0.05, 0) is 31.5 Å². The second kappa shape index (κ2) is 5.34. The van der Waals surface area contributed by atoms with E-state index < -0.39 is 0 Å². The molecule has 0 radical (unpaired) electrons. The van der Waals surface area contributed by atoms with E-state index in [-0.39, 0.29) is 17.4 Å². The zero-order chi connectivity index (χ0) is 14.1. The van der Waals surface area contributed by atoms with Crippen LogP contribution in [0.25, 0.3) is 5.95 Å². The highest BCUT2D eigenvalue weighted by atomic mass is 35.5. The summed E-state index contributed by atoms with van der Waals surface area (Å²) >= 11 is 6.01. The Labute approximate surface area is 121 Å². The first-order chi connectivity index (χ1) is 9.63. The summed E-state index contributed by atoms with van der Waals surface area (Å²) in [7, 11) is 0. The van der Waals surface area contributed by atoms with Gasteiger partial charge in [-0.1, -0.05) is 0 Å². The second-order valence-corrected chi connectivity index (χ2v) is 5.14. The van der Waals surface area contributed by atoms with Gasteiger partial charge < -0.3 is 9.64 Å². The fourth-order valence-corrected chi connectivity index (χ4v) is 2.28. The third-order valence-electron chi connectivity index (χ3n) is 3.16. The average molecular weight is 295 g/mol. The summed E-state index contributed by atoms with van der Waals surface area (Å²) in [4.78, 5) is 14.9. The molecule has 0 saturated carbocycles. The van der Waals surface area contributed by atoms with Crippen LogP contribution in [-0.4, -0.2) is 50.0 Å². The molecule has 1 aliphatic rings. The Kier molecular flexibility index (Phi) is 3.54. The van der Waals surface area contributed by atoms with E-state index in [0.29, 0.717) is 18.5 Å². The molecule has 3 heterocycles. The predicted molar refractivity (Wildman–Crippen MR) is 74.2 cm³/mol. The fourth-order valence-electron chi connectivity index (χ4n) is 2.13. The number of anilines is 1. The Morgan fingerprint density at radius 2 is 2.05 bits per heavy atom. The van der Waals surface area contributed by atoms with Crippen molar-refractivity contribution in [2.24, 2.45) is 0 Å². The molecule has 1 aliphatic heterocycles. The second-order valence-electron chi connectivity index (χ2n) is 4.80. The topological polar surface area (TPSA) is 69.0 Å². The van der Waals surface area contributed by atoms with Crippen molar-refractivity contribution in [2.75, 3.05) is 18.1 Å². The number of ether oxygens (including phenoxy) is 1. The number of hydrogen-bond donors (Lipinski definition) is 0. The Morgan fingerprint density at radius 1 is 1.25 bits per heavy atom. The molecular formula is C12H15ClN6O. The quantitative estimate of drug-likeness (QED) is 0.832. The molecule has 0 spiro atoms. The Morgan fingerprint density at radius 3 is 2.80 bits per heavy atom. The maximum atomic E-state index is 6.01. The summed E-state index contributed by atoms with van der Waals surface area (Å²) in [6, 6.07) is 1.99. The zero-order valence-electron chi connectivity index (χ0n) is 11.3. The van der Waals surface area contributed by atoms with Crippen molar-refractivity contribution in [1.29, 1.82) is 0 Å². The van der Waals surface area contributed by atoms with Crippen LogP contribution in [0.5, 0.6) is 0 Å². The van der Waals surface area contributed by atoms with Crippen LogP contribution in [-0.2, 0) is 4.74 Å². The van der Waals surface area contributed by atoms with Crippen LogP contribution in [0.4, 0.5) is 5.95 Å². The van der Waals surface area contributed by atoms with Crippen LogP contribution in [0.15, 0.2) is 18.5 Å². The van der Waals surface area contributed by atoms with Crippen molar-refractivity contribution < 1.29 is 4.74 Å². The first kappa shape index (κ1) is 13.3. The molecule has 1 fully saturated rings. The van der Waals surface area contributed by atoms with Crippen molar-refractivity contribution in [1.82, 2.24) is 24.7 Å². The van der Waals surface area contributed by atoms with E-state index in [0.717, 1.165) is 6.54 Å². The summed E-state index contributed by atoms with van der Waals surface area (Å²) in [6.07, 6.45) is 3.56. The van der Waals surface area contributed by atoms with Gasteiger partial charge in [0.25, 0.3) is 5.95 Å². The van der Waals surface area contributed by atoms with Crippen molar-refractivity contribution in [3.8, 4) is 5.95 Å². The zero-order valence-corrected chi connectivity index (χ0v) is 12.0. The minimum atomic E-state index is 0.134. The third-order valence-corrected chi connectivity index (χ3v) is 3.33. The fraction of sp³-hybridized carbons (Fsp3) is 0.500. The molecular weight excluding hydrogens is 280 g/mol. The number of hydrogen-bond acceptors (Lipinski definition) is 6. The van der Waals surface area contributed by atoms with Gasteiger partial charge >= 0.3 is 0 Å². The van der Waals surface area contributed by atoms with Gasteiger partial charge in [-0.3, -0.25) is 0 Å². The summed E-state index contributed by atoms with van der Waals surface area (Å²) < 4.78 is 7.17. The van der Waals surface area contributed by atoms with Gasteiger partial charge in [-0.15, -0.1) is 0 Å². The molecule has 2 unspecified atom stereocenters. The summed E-state index contributed by atoms with van der Waals surface area (Å²) in [5, 5.41) is 4.27. The van der Waals surface area contributed by atoms with E-state index in [2.05, 4.69) is 31.9 Å². The highest BCUT2D eigenvalue weighted by Gasteiger charge is 2.26. The van der Waals surface area contributed by atoms with E-state index in [1.54, 1.807) is 23.1 Å². The van der Waals surface area contributed by atoms with Gasteiger partial charge in [0, 0.05) is 18.9 Å². The van der Waals surface area contributed by atoms with Crippen LogP contribution in [0.2, 0.25) is 5.28 Å². The largest absolute Gasteiger partial charge is 0.375 e. The first-order valence-electron chi connectivity index (χ1n) is 6.43. The molecule has 2 aromatic rings. The van der Waals surface area contributed by atoms with Crippen molar-refractivity contribution in [2.45, 2.75) is 26.0 Å². The molecule has 7 nitrogen and oxygen atoms in total. The van der Waals surface area contributed by atoms with E-state index in [4.69, 9.17) is 16.3 Å². The number of rotatable bonds is 2. The number of morpholine rings is 1. The van der Waals surface area contributed by atoms with Crippen LogP contribution in [0.3, 0.4) is 0 Å². The average Bonchev–Trinajstić information content (AvgIpc) is 2.95. The monoisotopic (exact) mass is 294 g/mol. The Bertz CT molecular complexity index is 590. The van der Waals surface area contributed by atoms with Gasteiger partial charge in [0.15, 0.2) is 0 Å². The minimum absolute atomic E-state index is 0.134. The van der Waals surface area contributed by atoms with Crippen LogP contribution in [0.1, 0.15) is 13.8 Å². The molecule has 106 valence electrons. The van der Waals surface area contributed by atoms with Gasteiger partial charge in [0.05, 0.1) is 18.8 Å². The standard InChI is InChI=1S/C12H15ClN6O/c1-8-7-20-9(2)6-18(8)11-15-10(13)16-12(17-11)19-5-3-4-14-19/h3-5,8-9H,6-7H2,1-2H3. The Hall–Kier alpha value is -1.73. The maximum Gasteiger partial charge on any atom is 0.256 e. The van der Waals surface area contributed by atoms with E-state index in [1.807, 2.05) is 6.92 Å². The smallest absolute Gasteiger partial charge is 0.256 e. The molecule has 0 aromatic carbocycles. The normalized spacial score (nSPS) is 23.1. The van der Waals surface area contributed by atoms with Crippen molar-refractivity contribution in [3.05, 3.63) is 23.7 Å². The molecule has 0 bridgehead atoms. The molecule has 0 amide bonds. The molecule has 2 aromatic heterocycles. The molecule has 2 atom stereocenters. The SMILES string of the molecule is CC1CN(c2nc(Cl)nc(-n3cccn3)n2)C(C)CO1.